The number of imidazole rings is 1. The van der Waals surface area contributed by atoms with E-state index in [2.05, 4.69) is 16.8 Å². The van der Waals surface area contributed by atoms with Crippen LogP contribution in [0.1, 0.15) is 19.8 Å². The zero-order valence-electron chi connectivity index (χ0n) is 11.3. The number of fused-ring (bicyclic) bond motifs is 1. The topological polar surface area (TPSA) is 58.4 Å². The average Bonchev–Trinajstić information content (AvgIpc) is 2.75. The van der Waals surface area contributed by atoms with E-state index in [1.807, 2.05) is 35.9 Å². The van der Waals surface area contributed by atoms with E-state index in [0.717, 1.165) is 29.9 Å². The standard InChI is InChI=1S/C14H19N3O2/c1-3-9-16(2)14-15-11-6-4-5-7-12(11)17(14)10-8-13(18)19/h4-7H,3,8-10H2,1-2H3,(H,18,19). The highest BCUT2D eigenvalue weighted by atomic mass is 16.4. The molecule has 0 spiro atoms. The molecule has 0 radical (unpaired) electrons. The zero-order valence-corrected chi connectivity index (χ0v) is 11.3. The summed E-state index contributed by atoms with van der Waals surface area (Å²) in [4.78, 5) is 17.5. The molecule has 2 aromatic rings. The van der Waals surface area contributed by atoms with Crippen molar-refractivity contribution in [3.05, 3.63) is 24.3 Å². The highest BCUT2D eigenvalue weighted by Gasteiger charge is 2.14. The summed E-state index contributed by atoms with van der Waals surface area (Å²) in [5.41, 5.74) is 1.90. The highest BCUT2D eigenvalue weighted by molar-refractivity contribution is 5.79. The van der Waals surface area contributed by atoms with E-state index in [4.69, 9.17) is 5.11 Å². The van der Waals surface area contributed by atoms with E-state index in [1.54, 1.807) is 0 Å². The van der Waals surface area contributed by atoms with Crippen molar-refractivity contribution in [3.63, 3.8) is 0 Å². The van der Waals surface area contributed by atoms with Crippen molar-refractivity contribution in [3.8, 4) is 0 Å². The first kappa shape index (κ1) is 13.4. The molecule has 0 atom stereocenters. The quantitative estimate of drug-likeness (QED) is 0.867. The predicted molar refractivity (Wildman–Crippen MR) is 75.5 cm³/mol. The van der Waals surface area contributed by atoms with Crippen LogP contribution >= 0.6 is 0 Å². The fraction of sp³-hybridized carbons (Fsp3) is 0.429. The maximum absolute atomic E-state index is 10.8. The Hall–Kier alpha value is -2.04. The van der Waals surface area contributed by atoms with Gasteiger partial charge in [-0.15, -0.1) is 0 Å². The Morgan fingerprint density at radius 1 is 1.42 bits per heavy atom. The van der Waals surface area contributed by atoms with Crippen LogP contribution in [-0.2, 0) is 11.3 Å². The van der Waals surface area contributed by atoms with E-state index in [-0.39, 0.29) is 6.42 Å². The third-order valence-electron chi connectivity index (χ3n) is 3.08. The second kappa shape index (κ2) is 5.73. The third-order valence-corrected chi connectivity index (χ3v) is 3.08. The second-order valence-electron chi connectivity index (χ2n) is 4.62. The van der Waals surface area contributed by atoms with Gasteiger partial charge >= 0.3 is 5.97 Å². The number of nitrogens with zero attached hydrogens (tertiary/aromatic N) is 3. The van der Waals surface area contributed by atoms with E-state index in [1.165, 1.54) is 0 Å². The van der Waals surface area contributed by atoms with Crippen LogP contribution in [0.5, 0.6) is 0 Å². The maximum atomic E-state index is 10.8. The van der Waals surface area contributed by atoms with Gasteiger partial charge < -0.3 is 14.6 Å². The Morgan fingerprint density at radius 2 is 2.16 bits per heavy atom. The van der Waals surface area contributed by atoms with Gasteiger partial charge in [0.1, 0.15) is 0 Å². The van der Waals surface area contributed by atoms with Crippen molar-refractivity contribution >= 4 is 23.0 Å². The molecule has 0 saturated carbocycles. The lowest BCUT2D eigenvalue weighted by atomic mass is 10.3. The molecule has 0 unspecified atom stereocenters. The summed E-state index contributed by atoms with van der Waals surface area (Å²) < 4.78 is 1.99. The van der Waals surface area contributed by atoms with Crippen LogP contribution in [0.2, 0.25) is 0 Å². The normalized spacial score (nSPS) is 10.8. The van der Waals surface area contributed by atoms with Crippen LogP contribution in [0.25, 0.3) is 11.0 Å². The van der Waals surface area contributed by atoms with E-state index in [0.29, 0.717) is 6.54 Å². The first-order valence-electron chi connectivity index (χ1n) is 6.51. The molecule has 0 amide bonds. The molecule has 5 nitrogen and oxygen atoms in total. The van der Waals surface area contributed by atoms with Gasteiger partial charge in [0.15, 0.2) is 0 Å². The molecule has 19 heavy (non-hydrogen) atoms. The van der Waals surface area contributed by atoms with Crippen molar-refractivity contribution in [1.29, 1.82) is 0 Å². The maximum Gasteiger partial charge on any atom is 0.305 e. The number of rotatable bonds is 6. The molecule has 0 aliphatic rings. The lowest BCUT2D eigenvalue weighted by Gasteiger charge is -2.18. The first-order valence-corrected chi connectivity index (χ1v) is 6.51. The van der Waals surface area contributed by atoms with Gasteiger partial charge in [-0.25, -0.2) is 4.98 Å². The summed E-state index contributed by atoms with van der Waals surface area (Å²) >= 11 is 0. The summed E-state index contributed by atoms with van der Waals surface area (Å²) in [6.45, 7) is 3.45. The number of carbonyl (C=O) groups is 1. The minimum absolute atomic E-state index is 0.104. The number of hydrogen-bond donors (Lipinski definition) is 1. The van der Waals surface area contributed by atoms with Crippen molar-refractivity contribution in [2.24, 2.45) is 0 Å². The van der Waals surface area contributed by atoms with Gasteiger partial charge in [0.25, 0.3) is 0 Å². The van der Waals surface area contributed by atoms with Crippen LogP contribution in [0, 0.1) is 0 Å². The lowest BCUT2D eigenvalue weighted by Crippen LogP contribution is -2.22. The number of aryl methyl sites for hydroxylation is 1. The van der Waals surface area contributed by atoms with Gasteiger partial charge in [0.2, 0.25) is 5.95 Å². The molecular formula is C14H19N3O2. The zero-order chi connectivity index (χ0) is 13.8. The minimum Gasteiger partial charge on any atom is -0.481 e. The van der Waals surface area contributed by atoms with Crippen molar-refractivity contribution in [2.75, 3.05) is 18.5 Å². The summed E-state index contributed by atoms with van der Waals surface area (Å²) in [5, 5.41) is 8.87. The molecular weight excluding hydrogens is 242 g/mol. The molecule has 1 N–H and O–H groups in total. The van der Waals surface area contributed by atoms with E-state index < -0.39 is 5.97 Å². The van der Waals surface area contributed by atoms with Gasteiger partial charge in [-0.2, -0.15) is 0 Å². The molecule has 1 aromatic carbocycles. The Bertz CT molecular complexity index is 577. The van der Waals surface area contributed by atoms with Gasteiger partial charge in [-0.1, -0.05) is 19.1 Å². The molecule has 0 saturated heterocycles. The Kier molecular flexibility index (Phi) is 4.04. The molecule has 0 aliphatic heterocycles. The molecule has 102 valence electrons. The minimum atomic E-state index is -0.790. The van der Waals surface area contributed by atoms with E-state index in [9.17, 15) is 4.79 Å². The Morgan fingerprint density at radius 3 is 2.84 bits per heavy atom. The highest BCUT2D eigenvalue weighted by Crippen LogP contribution is 2.22. The third kappa shape index (κ3) is 2.86. The predicted octanol–water partition coefficient (Wildman–Crippen LogP) is 2.36. The number of carboxylic acids is 1. The second-order valence-corrected chi connectivity index (χ2v) is 4.62. The number of aromatic nitrogens is 2. The van der Waals surface area contributed by atoms with Crippen LogP contribution in [0.3, 0.4) is 0 Å². The summed E-state index contributed by atoms with van der Waals surface area (Å²) in [7, 11) is 1.99. The fourth-order valence-electron chi connectivity index (χ4n) is 2.22. The Balaban J connectivity index is 2.42. The molecule has 0 aliphatic carbocycles. The number of hydrogen-bond acceptors (Lipinski definition) is 3. The number of aliphatic carboxylic acids is 1. The smallest absolute Gasteiger partial charge is 0.305 e. The lowest BCUT2D eigenvalue weighted by molar-refractivity contribution is -0.137. The van der Waals surface area contributed by atoms with Crippen LogP contribution in [-0.4, -0.2) is 34.2 Å². The SMILES string of the molecule is CCCN(C)c1nc2ccccc2n1CCC(=O)O. The number of para-hydroxylation sites is 2. The first-order chi connectivity index (χ1) is 9.13. The van der Waals surface area contributed by atoms with Crippen LogP contribution in [0.4, 0.5) is 5.95 Å². The van der Waals surface area contributed by atoms with Gasteiger partial charge in [0, 0.05) is 20.1 Å². The van der Waals surface area contributed by atoms with Crippen molar-refractivity contribution in [2.45, 2.75) is 26.3 Å². The van der Waals surface area contributed by atoms with E-state index >= 15 is 0 Å². The van der Waals surface area contributed by atoms with Gasteiger partial charge in [0.05, 0.1) is 17.5 Å². The fourth-order valence-corrected chi connectivity index (χ4v) is 2.22. The summed E-state index contributed by atoms with van der Waals surface area (Å²) in [6, 6.07) is 7.83. The summed E-state index contributed by atoms with van der Waals surface area (Å²) in [6.07, 6.45) is 1.13. The molecule has 2 rings (SSSR count). The molecule has 0 fully saturated rings. The van der Waals surface area contributed by atoms with Gasteiger partial charge in [-0.3, -0.25) is 4.79 Å². The molecule has 1 aromatic heterocycles. The summed E-state index contributed by atoms with van der Waals surface area (Å²) in [5.74, 6) is 0.0474. The van der Waals surface area contributed by atoms with Gasteiger partial charge in [-0.05, 0) is 18.6 Å². The van der Waals surface area contributed by atoms with Crippen LogP contribution in [0.15, 0.2) is 24.3 Å². The molecule has 5 heteroatoms. The number of carboxylic acid groups (broad SMARTS) is 1. The van der Waals surface area contributed by atoms with Crippen LogP contribution < -0.4 is 4.90 Å². The van der Waals surface area contributed by atoms with Crippen molar-refractivity contribution < 1.29 is 9.90 Å². The number of benzene rings is 1. The molecule has 0 bridgehead atoms. The molecule has 1 heterocycles. The monoisotopic (exact) mass is 261 g/mol. The largest absolute Gasteiger partial charge is 0.481 e. The average molecular weight is 261 g/mol. The van der Waals surface area contributed by atoms with Crippen molar-refractivity contribution in [1.82, 2.24) is 9.55 Å². The Labute approximate surface area is 112 Å². The number of anilines is 1.